The third-order valence-corrected chi connectivity index (χ3v) is 14.1. The summed E-state index contributed by atoms with van der Waals surface area (Å²) in [5, 5.41) is 0. The molecule has 6 nitrogen and oxygen atoms in total. The number of rotatable bonds is 59. The average molecular weight is 1060 g/mol. The summed E-state index contributed by atoms with van der Waals surface area (Å²) in [6, 6.07) is 0. The first kappa shape index (κ1) is 72.6. The van der Waals surface area contributed by atoms with Crippen molar-refractivity contribution in [2.24, 2.45) is 0 Å². The van der Waals surface area contributed by atoms with Crippen molar-refractivity contribution in [1.29, 1.82) is 0 Å². The van der Waals surface area contributed by atoms with E-state index in [-0.39, 0.29) is 31.1 Å². The molecule has 0 aliphatic carbocycles. The van der Waals surface area contributed by atoms with Crippen molar-refractivity contribution >= 4 is 17.9 Å². The van der Waals surface area contributed by atoms with Crippen LogP contribution in [0.25, 0.3) is 0 Å². The second-order valence-corrected chi connectivity index (χ2v) is 21.7. The Kier molecular flexibility index (Phi) is 61.2. The van der Waals surface area contributed by atoms with E-state index in [1.807, 2.05) is 0 Å². The molecule has 0 aliphatic heterocycles. The molecular formula is C70H122O6. The van der Waals surface area contributed by atoms with Crippen LogP contribution in [-0.4, -0.2) is 37.2 Å². The second kappa shape index (κ2) is 64.1. The van der Waals surface area contributed by atoms with Crippen LogP contribution in [0.3, 0.4) is 0 Å². The predicted octanol–water partition coefficient (Wildman–Crippen LogP) is 22.3. The van der Waals surface area contributed by atoms with Gasteiger partial charge in [0, 0.05) is 19.3 Å². The second-order valence-electron chi connectivity index (χ2n) is 21.7. The first-order valence-electron chi connectivity index (χ1n) is 32.6. The van der Waals surface area contributed by atoms with Gasteiger partial charge < -0.3 is 14.2 Å². The molecule has 0 aromatic rings. The van der Waals surface area contributed by atoms with Crippen molar-refractivity contribution in [2.45, 2.75) is 329 Å². The fourth-order valence-corrected chi connectivity index (χ4v) is 9.16. The Labute approximate surface area is 471 Å². The highest BCUT2D eigenvalue weighted by molar-refractivity contribution is 5.71. The van der Waals surface area contributed by atoms with Crippen LogP contribution in [0.1, 0.15) is 323 Å². The molecule has 6 heteroatoms. The van der Waals surface area contributed by atoms with Crippen molar-refractivity contribution in [3.63, 3.8) is 0 Å². The molecule has 0 heterocycles. The minimum atomic E-state index is -0.792. The van der Waals surface area contributed by atoms with Gasteiger partial charge in [-0.3, -0.25) is 14.4 Å². The normalized spacial score (nSPS) is 12.6. The summed E-state index contributed by atoms with van der Waals surface area (Å²) in [4.78, 5) is 38.4. The third kappa shape index (κ3) is 61.4. The smallest absolute Gasteiger partial charge is 0.306 e. The predicted molar refractivity (Wildman–Crippen MR) is 330 cm³/mol. The Morgan fingerprint density at radius 2 is 0.474 bits per heavy atom. The molecule has 438 valence electrons. The van der Waals surface area contributed by atoms with E-state index in [9.17, 15) is 14.4 Å². The molecule has 0 N–H and O–H groups in total. The van der Waals surface area contributed by atoms with Crippen LogP contribution in [0, 0.1) is 0 Å². The molecule has 1 atom stereocenters. The molecule has 0 rings (SSSR count). The van der Waals surface area contributed by atoms with Gasteiger partial charge in [0.1, 0.15) is 13.2 Å². The van der Waals surface area contributed by atoms with Crippen LogP contribution >= 0.6 is 0 Å². The first-order chi connectivity index (χ1) is 37.5. The van der Waals surface area contributed by atoms with Gasteiger partial charge in [0.15, 0.2) is 6.10 Å². The Bertz CT molecular complexity index is 1450. The number of hydrogen-bond acceptors (Lipinski definition) is 6. The Balaban J connectivity index is 4.39. The molecule has 0 radical (unpaired) electrons. The summed E-state index contributed by atoms with van der Waals surface area (Å²) in [6.07, 6.45) is 84.4. The molecule has 0 amide bonds. The number of carbonyl (C=O) groups excluding carboxylic acids is 3. The Hall–Kier alpha value is -3.41. The maximum absolute atomic E-state index is 12.9. The Morgan fingerprint density at radius 3 is 0.776 bits per heavy atom. The average Bonchev–Trinajstić information content (AvgIpc) is 3.42. The van der Waals surface area contributed by atoms with E-state index in [1.165, 1.54) is 173 Å². The number of ether oxygens (including phenoxy) is 3. The van der Waals surface area contributed by atoms with Crippen molar-refractivity contribution < 1.29 is 28.6 Å². The minimum absolute atomic E-state index is 0.0867. The summed E-state index contributed by atoms with van der Waals surface area (Å²) in [6.45, 7) is 6.59. The number of carbonyl (C=O) groups is 3. The highest BCUT2D eigenvalue weighted by Crippen LogP contribution is 2.16. The molecule has 0 saturated carbocycles. The summed E-state index contributed by atoms with van der Waals surface area (Å²) in [5.41, 5.74) is 0. The zero-order valence-electron chi connectivity index (χ0n) is 50.3. The summed E-state index contributed by atoms with van der Waals surface area (Å²) >= 11 is 0. The van der Waals surface area contributed by atoms with Crippen LogP contribution in [-0.2, 0) is 28.6 Å². The maximum atomic E-state index is 12.9. The largest absolute Gasteiger partial charge is 0.462 e. The first-order valence-corrected chi connectivity index (χ1v) is 32.6. The zero-order valence-corrected chi connectivity index (χ0v) is 50.3. The molecule has 0 bridgehead atoms. The number of hydrogen-bond donors (Lipinski definition) is 0. The van der Waals surface area contributed by atoms with Crippen LogP contribution in [0.5, 0.6) is 0 Å². The molecule has 76 heavy (non-hydrogen) atoms. The fourth-order valence-electron chi connectivity index (χ4n) is 9.16. The number of allylic oxidation sites excluding steroid dienone is 14. The molecular weight excluding hydrogens is 937 g/mol. The van der Waals surface area contributed by atoms with Gasteiger partial charge in [0.05, 0.1) is 0 Å². The van der Waals surface area contributed by atoms with Gasteiger partial charge in [-0.15, -0.1) is 0 Å². The summed E-state index contributed by atoms with van der Waals surface area (Å²) in [7, 11) is 0. The topological polar surface area (TPSA) is 78.9 Å². The summed E-state index contributed by atoms with van der Waals surface area (Å²) in [5.74, 6) is -0.903. The van der Waals surface area contributed by atoms with E-state index >= 15 is 0 Å². The lowest BCUT2D eigenvalue weighted by atomic mass is 10.0. The van der Waals surface area contributed by atoms with E-state index < -0.39 is 6.10 Å². The van der Waals surface area contributed by atoms with Crippen molar-refractivity contribution in [2.75, 3.05) is 13.2 Å². The van der Waals surface area contributed by atoms with E-state index in [4.69, 9.17) is 14.2 Å². The molecule has 1 unspecified atom stereocenters. The monoisotopic (exact) mass is 1060 g/mol. The van der Waals surface area contributed by atoms with Gasteiger partial charge in [-0.25, -0.2) is 0 Å². The molecule has 0 aromatic carbocycles. The van der Waals surface area contributed by atoms with Crippen molar-refractivity contribution in [3.8, 4) is 0 Å². The van der Waals surface area contributed by atoms with Gasteiger partial charge in [-0.2, -0.15) is 0 Å². The lowest BCUT2D eigenvalue weighted by Gasteiger charge is -2.18. The van der Waals surface area contributed by atoms with Crippen LogP contribution in [0.15, 0.2) is 85.1 Å². The number of unbranched alkanes of at least 4 members (excludes halogenated alkanes) is 34. The van der Waals surface area contributed by atoms with Gasteiger partial charge in [-0.1, -0.05) is 266 Å². The van der Waals surface area contributed by atoms with E-state index in [0.717, 1.165) is 109 Å². The van der Waals surface area contributed by atoms with Gasteiger partial charge in [0.2, 0.25) is 0 Å². The van der Waals surface area contributed by atoms with Gasteiger partial charge >= 0.3 is 17.9 Å². The zero-order chi connectivity index (χ0) is 55.0. The van der Waals surface area contributed by atoms with Gasteiger partial charge in [0.25, 0.3) is 0 Å². The van der Waals surface area contributed by atoms with Crippen molar-refractivity contribution in [1.82, 2.24) is 0 Å². The lowest BCUT2D eigenvalue weighted by Crippen LogP contribution is -2.30. The third-order valence-electron chi connectivity index (χ3n) is 14.1. The SMILES string of the molecule is CCCCC/C=C\C/C=C\C/C=C\CCCCCCCCC(=O)OC(COC(=O)CCCCCCC/C=C\C/C=C\CCCCCC)COC(=O)CCCCCCCCCCCCC/C=C\C/C=C\CCCCCCC. The van der Waals surface area contributed by atoms with E-state index in [2.05, 4.69) is 106 Å². The lowest BCUT2D eigenvalue weighted by molar-refractivity contribution is -0.167. The minimum Gasteiger partial charge on any atom is -0.462 e. The Morgan fingerprint density at radius 1 is 0.263 bits per heavy atom. The fraction of sp³-hybridized carbons (Fsp3) is 0.757. The molecule has 0 aromatic heterocycles. The van der Waals surface area contributed by atoms with E-state index in [1.54, 1.807) is 0 Å². The molecule has 0 fully saturated rings. The quantitative estimate of drug-likeness (QED) is 0.0261. The summed E-state index contributed by atoms with van der Waals surface area (Å²) < 4.78 is 16.9. The molecule has 0 aliphatic rings. The van der Waals surface area contributed by atoms with E-state index in [0.29, 0.717) is 19.3 Å². The highest BCUT2D eigenvalue weighted by Gasteiger charge is 2.19. The van der Waals surface area contributed by atoms with Crippen LogP contribution in [0.2, 0.25) is 0 Å². The molecule has 0 spiro atoms. The highest BCUT2D eigenvalue weighted by atomic mass is 16.6. The van der Waals surface area contributed by atoms with Crippen molar-refractivity contribution in [3.05, 3.63) is 85.1 Å². The maximum Gasteiger partial charge on any atom is 0.306 e. The molecule has 0 saturated heterocycles. The van der Waals surface area contributed by atoms with Crippen LogP contribution in [0.4, 0.5) is 0 Å². The standard InChI is InChI=1S/C70H122O6/c1-4-7-10-13-16-19-22-25-28-31-33-34-35-36-38-39-42-45-48-51-54-57-60-63-69(72)75-66-67(65-74-68(71)62-59-56-53-50-47-44-41-30-27-24-21-18-15-12-9-6-3)76-70(73)64-61-58-55-52-49-46-43-40-37-32-29-26-23-20-17-14-11-8-5-2/h17,20-22,24-26,29-31,33,37,40-41,67H,4-16,18-19,23,27-28,32,34-36,38-39,42-66H2,1-3H3/b20-17-,24-21-,25-22-,29-26-,33-31-,40-37-,41-30-. The van der Waals surface area contributed by atoms with Crippen LogP contribution < -0.4 is 0 Å². The van der Waals surface area contributed by atoms with Gasteiger partial charge in [-0.05, 0) is 122 Å². The number of esters is 3.